The lowest BCUT2D eigenvalue weighted by atomic mass is 9.84. The van der Waals surface area contributed by atoms with Crippen molar-refractivity contribution < 1.29 is 14.3 Å². The molecule has 1 saturated carbocycles. The molecule has 18 heavy (non-hydrogen) atoms. The van der Waals surface area contributed by atoms with E-state index in [1.807, 2.05) is 0 Å². The SMILES string of the molecule is CCCCCNC(=O)C1(OC(N)=O)CCCCC1. The molecule has 0 atom stereocenters. The summed E-state index contributed by atoms with van der Waals surface area (Å²) < 4.78 is 5.12. The predicted molar refractivity (Wildman–Crippen MR) is 69.0 cm³/mol. The summed E-state index contributed by atoms with van der Waals surface area (Å²) in [6.07, 6.45) is 6.32. The van der Waals surface area contributed by atoms with Gasteiger partial charge in [0, 0.05) is 6.54 Å². The summed E-state index contributed by atoms with van der Waals surface area (Å²) in [5.41, 5.74) is 4.06. The molecule has 0 aliphatic heterocycles. The van der Waals surface area contributed by atoms with Crippen molar-refractivity contribution in [1.82, 2.24) is 5.32 Å². The Morgan fingerprint density at radius 1 is 1.22 bits per heavy atom. The first-order valence-electron chi connectivity index (χ1n) is 6.87. The van der Waals surface area contributed by atoms with Gasteiger partial charge in [-0.2, -0.15) is 0 Å². The normalized spacial score (nSPS) is 18.1. The number of nitrogens with one attached hydrogen (secondary N) is 1. The smallest absolute Gasteiger partial charge is 0.405 e. The van der Waals surface area contributed by atoms with E-state index in [4.69, 9.17) is 10.5 Å². The molecular formula is C13H24N2O3. The third-order valence-electron chi connectivity index (χ3n) is 3.44. The Balaban J connectivity index is 2.53. The molecule has 0 radical (unpaired) electrons. The Bertz CT molecular complexity index is 286. The fourth-order valence-electron chi connectivity index (χ4n) is 2.43. The molecule has 5 nitrogen and oxygen atoms in total. The van der Waals surface area contributed by atoms with Gasteiger partial charge in [-0.05, 0) is 32.1 Å². The molecule has 2 amide bonds. The highest BCUT2D eigenvalue weighted by atomic mass is 16.6. The standard InChI is InChI=1S/C13H24N2O3/c1-2-3-7-10-15-11(16)13(18-12(14)17)8-5-4-6-9-13/h2-10H2,1H3,(H2,14,17)(H,15,16). The quantitative estimate of drug-likeness (QED) is 0.714. The molecule has 1 rings (SSSR count). The zero-order valence-electron chi connectivity index (χ0n) is 11.2. The lowest BCUT2D eigenvalue weighted by Crippen LogP contribution is -2.52. The van der Waals surface area contributed by atoms with Gasteiger partial charge in [0.25, 0.3) is 5.91 Å². The average molecular weight is 256 g/mol. The monoisotopic (exact) mass is 256 g/mol. The number of rotatable bonds is 6. The molecule has 0 aromatic heterocycles. The van der Waals surface area contributed by atoms with Gasteiger partial charge in [-0.15, -0.1) is 0 Å². The highest BCUT2D eigenvalue weighted by Gasteiger charge is 2.42. The van der Waals surface area contributed by atoms with E-state index in [0.29, 0.717) is 19.4 Å². The largest absolute Gasteiger partial charge is 0.433 e. The number of ether oxygens (including phenoxy) is 1. The molecule has 3 N–H and O–H groups in total. The predicted octanol–water partition coefficient (Wildman–Crippen LogP) is 2.09. The summed E-state index contributed by atoms with van der Waals surface area (Å²) >= 11 is 0. The van der Waals surface area contributed by atoms with Gasteiger partial charge in [0.2, 0.25) is 0 Å². The summed E-state index contributed by atoms with van der Waals surface area (Å²) in [7, 11) is 0. The van der Waals surface area contributed by atoms with E-state index < -0.39 is 11.7 Å². The summed E-state index contributed by atoms with van der Waals surface area (Å²) in [5.74, 6) is -0.183. The van der Waals surface area contributed by atoms with Gasteiger partial charge in [0.15, 0.2) is 5.60 Å². The van der Waals surface area contributed by atoms with Gasteiger partial charge in [0.05, 0.1) is 0 Å². The van der Waals surface area contributed by atoms with Gasteiger partial charge in [-0.1, -0.05) is 26.2 Å². The maximum Gasteiger partial charge on any atom is 0.405 e. The second kappa shape index (κ2) is 7.24. The number of hydrogen-bond donors (Lipinski definition) is 2. The summed E-state index contributed by atoms with van der Waals surface area (Å²) in [6.45, 7) is 2.75. The van der Waals surface area contributed by atoms with Crippen molar-refractivity contribution in [1.29, 1.82) is 0 Å². The minimum Gasteiger partial charge on any atom is -0.433 e. The average Bonchev–Trinajstić information content (AvgIpc) is 2.34. The number of nitrogens with two attached hydrogens (primary N) is 1. The number of carbonyl (C=O) groups is 2. The van der Waals surface area contributed by atoms with Crippen LogP contribution in [0.25, 0.3) is 0 Å². The molecular weight excluding hydrogens is 232 g/mol. The zero-order valence-corrected chi connectivity index (χ0v) is 11.2. The van der Waals surface area contributed by atoms with Crippen LogP contribution < -0.4 is 11.1 Å². The molecule has 1 fully saturated rings. The molecule has 0 unspecified atom stereocenters. The van der Waals surface area contributed by atoms with Gasteiger partial charge >= 0.3 is 6.09 Å². The minimum absolute atomic E-state index is 0.183. The molecule has 0 aromatic rings. The van der Waals surface area contributed by atoms with Crippen LogP contribution in [0.5, 0.6) is 0 Å². The number of hydrogen-bond acceptors (Lipinski definition) is 3. The number of carbonyl (C=O) groups excluding carboxylic acids is 2. The van der Waals surface area contributed by atoms with Crippen LogP contribution in [0.15, 0.2) is 0 Å². The second-order valence-electron chi connectivity index (χ2n) is 4.94. The van der Waals surface area contributed by atoms with Gasteiger partial charge in [-0.3, -0.25) is 4.79 Å². The van der Waals surface area contributed by atoms with Gasteiger partial charge in [-0.25, -0.2) is 4.79 Å². The third-order valence-corrected chi connectivity index (χ3v) is 3.44. The molecule has 1 aliphatic rings. The second-order valence-corrected chi connectivity index (χ2v) is 4.94. The molecule has 104 valence electrons. The molecule has 1 aliphatic carbocycles. The van der Waals surface area contributed by atoms with Crippen LogP contribution in [0.2, 0.25) is 0 Å². The zero-order chi connectivity index (χ0) is 13.4. The molecule has 0 spiro atoms. The van der Waals surface area contributed by atoms with Crippen LogP contribution >= 0.6 is 0 Å². The Kier molecular flexibility index (Phi) is 5.95. The van der Waals surface area contributed by atoms with Crippen molar-refractivity contribution in [3.8, 4) is 0 Å². The van der Waals surface area contributed by atoms with Gasteiger partial charge in [0.1, 0.15) is 0 Å². The van der Waals surface area contributed by atoms with Crippen LogP contribution in [-0.2, 0) is 9.53 Å². The molecule has 5 heteroatoms. The Morgan fingerprint density at radius 2 is 1.89 bits per heavy atom. The van der Waals surface area contributed by atoms with E-state index in [9.17, 15) is 9.59 Å². The van der Waals surface area contributed by atoms with Crippen molar-refractivity contribution in [2.75, 3.05) is 6.54 Å². The van der Waals surface area contributed by atoms with Crippen LogP contribution in [-0.4, -0.2) is 24.1 Å². The topological polar surface area (TPSA) is 81.4 Å². The molecule has 0 bridgehead atoms. The first-order chi connectivity index (χ1) is 8.60. The molecule has 0 heterocycles. The van der Waals surface area contributed by atoms with E-state index in [-0.39, 0.29) is 5.91 Å². The Morgan fingerprint density at radius 3 is 2.44 bits per heavy atom. The summed E-state index contributed by atoms with van der Waals surface area (Å²) in [5, 5.41) is 2.86. The Hall–Kier alpha value is -1.26. The van der Waals surface area contributed by atoms with E-state index in [0.717, 1.165) is 38.5 Å². The number of primary amides is 1. The third kappa shape index (κ3) is 4.20. The van der Waals surface area contributed by atoms with E-state index >= 15 is 0 Å². The number of amides is 2. The van der Waals surface area contributed by atoms with Crippen LogP contribution in [0.4, 0.5) is 4.79 Å². The van der Waals surface area contributed by atoms with E-state index in [1.165, 1.54) is 0 Å². The fraction of sp³-hybridized carbons (Fsp3) is 0.846. The van der Waals surface area contributed by atoms with Crippen molar-refractivity contribution >= 4 is 12.0 Å². The summed E-state index contributed by atoms with van der Waals surface area (Å²) in [6, 6.07) is 0. The van der Waals surface area contributed by atoms with E-state index in [2.05, 4.69) is 12.2 Å². The van der Waals surface area contributed by atoms with Crippen molar-refractivity contribution in [2.24, 2.45) is 5.73 Å². The van der Waals surface area contributed by atoms with Crippen LogP contribution in [0, 0.1) is 0 Å². The molecule has 0 saturated heterocycles. The maximum atomic E-state index is 12.2. The molecule has 0 aromatic carbocycles. The maximum absolute atomic E-state index is 12.2. The lowest BCUT2D eigenvalue weighted by molar-refractivity contribution is -0.143. The number of unbranched alkanes of at least 4 members (excludes halogenated alkanes) is 2. The van der Waals surface area contributed by atoms with Crippen molar-refractivity contribution in [3.05, 3.63) is 0 Å². The summed E-state index contributed by atoms with van der Waals surface area (Å²) in [4.78, 5) is 23.1. The van der Waals surface area contributed by atoms with Crippen LogP contribution in [0.1, 0.15) is 58.3 Å². The van der Waals surface area contributed by atoms with Crippen molar-refractivity contribution in [2.45, 2.75) is 63.9 Å². The fourth-order valence-corrected chi connectivity index (χ4v) is 2.43. The minimum atomic E-state index is -1.02. The van der Waals surface area contributed by atoms with Gasteiger partial charge < -0.3 is 15.8 Å². The first kappa shape index (κ1) is 14.8. The van der Waals surface area contributed by atoms with Crippen LogP contribution in [0.3, 0.4) is 0 Å². The highest BCUT2D eigenvalue weighted by molar-refractivity contribution is 5.87. The first-order valence-corrected chi connectivity index (χ1v) is 6.87. The Labute approximate surface area is 108 Å². The van der Waals surface area contributed by atoms with E-state index in [1.54, 1.807) is 0 Å². The van der Waals surface area contributed by atoms with Crippen molar-refractivity contribution in [3.63, 3.8) is 0 Å². The lowest BCUT2D eigenvalue weighted by Gasteiger charge is -2.34. The highest BCUT2D eigenvalue weighted by Crippen LogP contribution is 2.31.